The van der Waals surface area contributed by atoms with E-state index in [4.69, 9.17) is 20.5 Å². The van der Waals surface area contributed by atoms with Gasteiger partial charge in [0.05, 0.1) is 11.6 Å². The van der Waals surface area contributed by atoms with Gasteiger partial charge in [-0.3, -0.25) is 9.59 Å². The lowest BCUT2D eigenvalue weighted by Crippen LogP contribution is -2.36. The van der Waals surface area contributed by atoms with E-state index in [0.717, 1.165) is 37.1 Å². The maximum atomic E-state index is 13.1. The predicted octanol–water partition coefficient (Wildman–Crippen LogP) is 5.21. The topological polar surface area (TPSA) is 98.8 Å². The Morgan fingerprint density at radius 2 is 1.56 bits per heavy atom. The van der Waals surface area contributed by atoms with Crippen LogP contribution in [0.5, 0.6) is 11.5 Å². The zero-order chi connectivity index (χ0) is 25.4. The van der Waals surface area contributed by atoms with Crippen LogP contribution >= 0.6 is 11.6 Å². The van der Waals surface area contributed by atoms with E-state index < -0.39 is 16.0 Å². The summed E-state index contributed by atoms with van der Waals surface area (Å²) in [5.41, 5.74) is 3.47. The lowest BCUT2D eigenvalue weighted by Gasteiger charge is -2.37. The number of carbonyl (C=O) groups excluding carboxylic acids is 2. The Morgan fingerprint density at radius 1 is 0.944 bits per heavy atom. The molecule has 36 heavy (non-hydrogen) atoms. The Labute approximate surface area is 215 Å². The highest BCUT2D eigenvalue weighted by molar-refractivity contribution is 7.87. The van der Waals surface area contributed by atoms with Crippen LogP contribution in [0.15, 0.2) is 69.9 Å². The molecule has 1 aliphatic heterocycles. The number of allylic oxidation sites excluding steroid dienone is 4. The van der Waals surface area contributed by atoms with Gasteiger partial charge in [-0.15, -0.1) is 0 Å². The molecule has 7 nitrogen and oxygen atoms in total. The number of rotatable bonds is 6. The lowest BCUT2D eigenvalue weighted by atomic mass is 9.71. The van der Waals surface area contributed by atoms with Gasteiger partial charge in [0.1, 0.15) is 4.90 Å². The van der Waals surface area contributed by atoms with Gasteiger partial charge in [0, 0.05) is 41.3 Å². The summed E-state index contributed by atoms with van der Waals surface area (Å²) in [7, 11) is -4.17. The number of dihydropyridines is 1. The quantitative estimate of drug-likeness (QED) is 0.515. The number of nitrogens with one attached hydrogen (secondary N) is 1. The number of ketones is 2. The van der Waals surface area contributed by atoms with E-state index in [1.807, 2.05) is 0 Å². The van der Waals surface area contributed by atoms with Crippen molar-refractivity contribution < 1.29 is 26.9 Å². The van der Waals surface area contributed by atoms with E-state index in [1.165, 1.54) is 12.1 Å². The molecule has 0 bridgehead atoms. The molecular formula is C27H26ClNO6S. The third-order valence-corrected chi connectivity index (χ3v) is 8.20. The first-order valence-corrected chi connectivity index (χ1v) is 13.8. The largest absolute Gasteiger partial charge is 0.490 e. The summed E-state index contributed by atoms with van der Waals surface area (Å²) in [5, 5.41) is 3.40. The van der Waals surface area contributed by atoms with E-state index in [0.29, 0.717) is 29.6 Å². The van der Waals surface area contributed by atoms with Crippen LogP contribution in [0.3, 0.4) is 0 Å². The molecule has 1 N–H and O–H groups in total. The van der Waals surface area contributed by atoms with Gasteiger partial charge >= 0.3 is 10.1 Å². The summed E-state index contributed by atoms with van der Waals surface area (Å²) in [4.78, 5) is 26.2. The minimum absolute atomic E-state index is 0.000243. The zero-order valence-electron chi connectivity index (χ0n) is 19.8. The average molecular weight is 528 g/mol. The van der Waals surface area contributed by atoms with Crippen LogP contribution in [0.4, 0.5) is 0 Å². The van der Waals surface area contributed by atoms with Crippen LogP contribution < -0.4 is 14.2 Å². The zero-order valence-corrected chi connectivity index (χ0v) is 21.4. The Bertz CT molecular complexity index is 1370. The Morgan fingerprint density at radius 3 is 2.14 bits per heavy atom. The fourth-order valence-corrected chi connectivity index (χ4v) is 6.44. The van der Waals surface area contributed by atoms with Crippen LogP contribution in [0, 0.1) is 0 Å². The first-order valence-electron chi connectivity index (χ1n) is 12.1. The summed E-state index contributed by atoms with van der Waals surface area (Å²) >= 11 is 6.62. The summed E-state index contributed by atoms with van der Waals surface area (Å²) < 4.78 is 37.0. The van der Waals surface area contributed by atoms with Gasteiger partial charge in [0.15, 0.2) is 17.3 Å². The number of carbonyl (C=O) groups is 2. The van der Waals surface area contributed by atoms with Crippen molar-refractivity contribution in [3.63, 3.8) is 0 Å². The molecule has 0 atom stereocenters. The first-order chi connectivity index (χ1) is 17.3. The third-order valence-electron chi connectivity index (χ3n) is 6.68. The van der Waals surface area contributed by atoms with Crippen molar-refractivity contribution in [2.75, 3.05) is 6.61 Å². The Hall–Kier alpha value is -3.10. The highest BCUT2D eigenvalue weighted by atomic mass is 35.5. The highest BCUT2D eigenvalue weighted by Crippen LogP contribution is 2.48. The second-order valence-corrected chi connectivity index (χ2v) is 11.0. The van der Waals surface area contributed by atoms with E-state index >= 15 is 0 Å². The maximum Gasteiger partial charge on any atom is 0.339 e. The normalized spacial score (nSPS) is 18.5. The van der Waals surface area contributed by atoms with E-state index in [1.54, 1.807) is 37.3 Å². The van der Waals surface area contributed by atoms with Gasteiger partial charge in [-0.05, 0) is 62.4 Å². The smallest absolute Gasteiger partial charge is 0.339 e. The Kier molecular flexibility index (Phi) is 6.66. The molecule has 0 unspecified atom stereocenters. The molecule has 9 heteroatoms. The number of hydrogen-bond donors (Lipinski definition) is 1. The van der Waals surface area contributed by atoms with Crippen molar-refractivity contribution in [3.8, 4) is 11.5 Å². The molecule has 2 aromatic rings. The van der Waals surface area contributed by atoms with Gasteiger partial charge < -0.3 is 14.2 Å². The number of Topliss-reactive ketones (excluding diaryl/α,β-unsaturated/α-hetero) is 2. The van der Waals surface area contributed by atoms with Crippen molar-refractivity contribution in [1.29, 1.82) is 0 Å². The summed E-state index contributed by atoms with van der Waals surface area (Å²) in [6, 6.07) is 11.0. The van der Waals surface area contributed by atoms with Gasteiger partial charge in [-0.1, -0.05) is 29.8 Å². The summed E-state index contributed by atoms with van der Waals surface area (Å²) in [5.74, 6) is -0.588. The average Bonchev–Trinajstić information content (AvgIpc) is 2.86. The molecule has 3 aliphatic rings. The summed E-state index contributed by atoms with van der Waals surface area (Å²) in [6.45, 7) is 1.99. The SMILES string of the molecule is CCOc1cc(C2C3=C(CCCC3=O)NC3=C2C(=O)CCC3)cc(Cl)c1OS(=O)(=O)c1ccccc1. The van der Waals surface area contributed by atoms with Crippen molar-refractivity contribution in [2.45, 2.75) is 56.3 Å². The molecule has 0 fully saturated rings. The molecule has 0 amide bonds. The maximum absolute atomic E-state index is 13.1. The lowest BCUT2D eigenvalue weighted by molar-refractivity contribution is -0.117. The number of ether oxygens (including phenoxy) is 1. The Balaban J connectivity index is 1.64. The van der Waals surface area contributed by atoms with E-state index in [9.17, 15) is 18.0 Å². The van der Waals surface area contributed by atoms with Gasteiger partial charge in [0.25, 0.3) is 0 Å². The predicted molar refractivity (Wildman–Crippen MR) is 135 cm³/mol. The van der Waals surface area contributed by atoms with Gasteiger partial charge in [-0.25, -0.2) is 0 Å². The second-order valence-electron chi connectivity index (χ2n) is 9.01. The third kappa shape index (κ3) is 4.44. The van der Waals surface area contributed by atoms with Crippen LogP contribution in [0.2, 0.25) is 5.02 Å². The molecule has 2 aliphatic carbocycles. The van der Waals surface area contributed by atoms with Gasteiger partial charge in [0.2, 0.25) is 5.75 Å². The molecule has 5 rings (SSSR count). The standard InChI is InChI=1S/C27H26ClNO6S/c1-2-34-23-15-16(14-18(28)27(23)35-36(32,33)17-8-4-3-5-9-17)24-25-19(10-6-12-21(25)30)29-20-11-7-13-22(31)26(20)24/h3-5,8-9,14-15,24,29H,2,6-7,10-13H2,1H3. The van der Waals surface area contributed by atoms with Crippen LogP contribution in [0.1, 0.15) is 56.9 Å². The minimum atomic E-state index is -4.17. The summed E-state index contributed by atoms with van der Waals surface area (Å²) in [6.07, 6.45) is 3.79. The second kappa shape index (κ2) is 9.75. The molecule has 0 saturated carbocycles. The van der Waals surface area contributed by atoms with Crippen LogP contribution in [-0.2, 0) is 19.7 Å². The van der Waals surface area contributed by atoms with Crippen molar-refractivity contribution in [2.24, 2.45) is 0 Å². The highest BCUT2D eigenvalue weighted by Gasteiger charge is 2.41. The number of benzene rings is 2. The fourth-order valence-electron chi connectivity index (χ4n) is 5.16. The molecule has 0 aromatic heterocycles. The molecule has 1 heterocycles. The number of hydrogen-bond acceptors (Lipinski definition) is 7. The molecule has 0 spiro atoms. The monoisotopic (exact) mass is 527 g/mol. The van der Waals surface area contributed by atoms with Crippen molar-refractivity contribution in [1.82, 2.24) is 5.32 Å². The van der Waals surface area contributed by atoms with E-state index in [-0.39, 0.29) is 39.6 Å². The van der Waals surface area contributed by atoms with Crippen LogP contribution in [0.25, 0.3) is 0 Å². The molecular weight excluding hydrogens is 502 g/mol. The number of halogens is 1. The molecule has 0 radical (unpaired) electrons. The van der Waals surface area contributed by atoms with Crippen LogP contribution in [-0.4, -0.2) is 26.6 Å². The molecule has 0 saturated heterocycles. The molecule has 2 aromatic carbocycles. The van der Waals surface area contributed by atoms with E-state index in [2.05, 4.69) is 5.32 Å². The fraction of sp³-hybridized carbons (Fsp3) is 0.333. The van der Waals surface area contributed by atoms with Crippen molar-refractivity contribution >= 4 is 33.3 Å². The molecule has 188 valence electrons. The first kappa shape index (κ1) is 24.6. The minimum Gasteiger partial charge on any atom is -0.490 e. The van der Waals surface area contributed by atoms with Crippen molar-refractivity contribution in [3.05, 3.63) is 75.6 Å². The van der Waals surface area contributed by atoms with Gasteiger partial charge in [-0.2, -0.15) is 8.42 Å².